The van der Waals surface area contributed by atoms with Crippen LogP contribution in [0.3, 0.4) is 0 Å². The second-order valence-electron chi connectivity index (χ2n) is 27.3. The van der Waals surface area contributed by atoms with Crippen LogP contribution in [0.1, 0.15) is 308 Å². The topological polar surface area (TPSA) is 135 Å². The quantitative estimate of drug-likeness (QED) is 0.0399. The van der Waals surface area contributed by atoms with Crippen molar-refractivity contribution >= 4 is 11.9 Å². The highest BCUT2D eigenvalue weighted by molar-refractivity contribution is 5.69. The van der Waals surface area contributed by atoms with Crippen molar-refractivity contribution < 1.29 is 43.9 Å². The first-order valence-electron chi connectivity index (χ1n) is 33.6. The van der Waals surface area contributed by atoms with Crippen LogP contribution >= 0.6 is 0 Å². The van der Waals surface area contributed by atoms with E-state index in [1.54, 1.807) is 0 Å². The summed E-state index contributed by atoms with van der Waals surface area (Å²) in [6.07, 6.45) is 34.1. The van der Waals surface area contributed by atoms with E-state index in [0.29, 0.717) is 43.1 Å². The average molecular weight is 1110 g/mol. The molecule has 1 rings (SSSR count). The fourth-order valence-electron chi connectivity index (χ4n) is 11.4. The van der Waals surface area contributed by atoms with E-state index in [-0.39, 0.29) is 37.2 Å². The highest BCUT2D eigenvalue weighted by Crippen LogP contribution is 2.27. The van der Waals surface area contributed by atoms with Crippen molar-refractivity contribution in [2.75, 3.05) is 32.8 Å². The molecule has 3 N–H and O–H groups in total. The van der Waals surface area contributed by atoms with Crippen LogP contribution in [-0.2, 0) is 28.5 Å². The van der Waals surface area contributed by atoms with Gasteiger partial charge in [0.1, 0.15) is 24.4 Å². The van der Waals surface area contributed by atoms with Gasteiger partial charge in [0.2, 0.25) is 0 Å². The maximum absolute atomic E-state index is 13.2. The molecule has 6 unspecified atom stereocenters. The molecule has 0 bridgehead atoms. The van der Waals surface area contributed by atoms with Crippen molar-refractivity contribution in [2.24, 2.45) is 47.3 Å². The number of aliphatic hydroxyl groups is 3. The predicted molar refractivity (Wildman–Crippen MR) is 328 cm³/mol. The minimum Gasteiger partial charge on any atom is -0.462 e. The number of aliphatic hydroxyl groups excluding tert-OH is 3. The molecule has 0 amide bonds. The molecule has 0 aliphatic carbocycles. The Morgan fingerprint density at radius 1 is 0.423 bits per heavy atom. The number of nitrogens with zero attached hydrogens (tertiary/aromatic N) is 1. The minimum absolute atomic E-state index is 0.00875. The first kappa shape index (κ1) is 74.7. The zero-order valence-electron chi connectivity index (χ0n) is 53.6. The lowest BCUT2D eigenvalue weighted by Gasteiger charge is -2.36. The van der Waals surface area contributed by atoms with Gasteiger partial charge in [-0.3, -0.25) is 9.59 Å². The second-order valence-corrected chi connectivity index (χ2v) is 27.3. The molecule has 0 aromatic rings. The van der Waals surface area contributed by atoms with E-state index in [9.17, 15) is 24.9 Å². The van der Waals surface area contributed by atoms with Gasteiger partial charge in [-0.05, 0) is 157 Å². The smallest absolute Gasteiger partial charge is 0.306 e. The third-order valence-electron chi connectivity index (χ3n) is 17.0. The zero-order valence-corrected chi connectivity index (χ0v) is 53.6. The van der Waals surface area contributed by atoms with Crippen molar-refractivity contribution in [1.29, 1.82) is 0 Å². The van der Waals surface area contributed by atoms with E-state index in [1.807, 2.05) is 0 Å². The Bertz CT molecular complexity index is 1250. The molecule has 10 heteroatoms. The molecule has 1 saturated heterocycles. The summed E-state index contributed by atoms with van der Waals surface area (Å²) in [7, 11) is 0. The second kappa shape index (κ2) is 48.1. The molecule has 0 aromatic heterocycles. The van der Waals surface area contributed by atoms with E-state index >= 15 is 0 Å². The van der Waals surface area contributed by atoms with Crippen molar-refractivity contribution in [2.45, 2.75) is 345 Å². The van der Waals surface area contributed by atoms with Gasteiger partial charge in [0.25, 0.3) is 0 Å². The van der Waals surface area contributed by atoms with Gasteiger partial charge in [0.05, 0.1) is 12.7 Å². The lowest BCUT2D eigenvalue weighted by molar-refractivity contribution is -0.270. The largest absolute Gasteiger partial charge is 0.462 e. The maximum atomic E-state index is 13.2. The molecule has 78 heavy (non-hydrogen) atoms. The van der Waals surface area contributed by atoms with Crippen molar-refractivity contribution in [3.63, 3.8) is 0 Å². The number of carbonyl (C=O) groups excluding carboxylic acids is 2. The molecule has 0 spiro atoms. The van der Waals surface area contributed by atoms with Crippen LogP contribution in [-0.4, -0.2) is 102 Å². The molecule has 0 radical (unpaired) electrons. The lowest BCUT2D eigenvalue weighted by atomic mass is 9.91. The number of esters is 2. The number of hydrogen-bond donors (Lipinski definition) is 3. The Morgan fingerprint density at radius 2 is 0.756 bits per heavy atom. The fraction of sp³-hybridized carbons (Fsp3) is 0.971. The van der Waals surface area contributed by atoms with Gasteiger partial charge >= 0.3 is 11.9 Å². The first-order chi connectivity index (χ1) is 37.3. The van der Waals surface area contributed by atoms with Gasteiger partial charge < -0.3 is 39.2 Å². The monoisotopic (exact) mass is 1110 g/mol. The van der Waals surface area contributed by atoms with Gasteiger partial charge in [-0.15, -0.1) is 0 Å². The Hall–Kier alpha value is -1.30. The van der Waals surface area contributed by atoms with Crippen LogP contribution in [0.5, 0.6) is 0 Å². The Kier molecular flexibility index (Phi) is 46.1. The molecule has 1 heterocycles. The number of ether oxygens (including phenoxy) is 4. The SMILES string of the molecule is CC(C)CCCC(C)CCC(CCC(C)CCCC(C)C)OC(=O)CCCCCCCN(CCCCCCCC(=O)OC(CCC(C)CCCC(C)C)CCC(C)CCCC(C)C)CCCCOC1O[C@H](CO)C(O)C[C@@H]1O. The summed E-state index contributed by atoms with van der Waals surface area (Å²) >= 11 is 0. The van der Waals surface area contributed by atoms with Crippen LogP contribution in [0, 0.1) is 47.3 Å². The molecule has 10 nitrogen and oxygen atoms in total. The molecule has 1 fully saturated rings. The summed E-state index contributed by atoms with van der Waals surface area (Å²) in [5, 5.41) is 30.1. The molecule has 0 saturated carbocycles. The van der Waals surface area contributed by atoms with E-state index in [2.05, 4.69) is 88.0 Å². The Labute approximate surface area is 483 Å². The Balaban J connectivity index is 2.65. The van der Waals surface area contributed by atoms with E-state index < -0.39 is 24.6 Å². The average Bonchev–Trinajstić information content (AvgIpc) is 3.37. The summed E-state index contributed by atoms with van der Waals surface area (Å²) in [6.45, 7) is 31.1. The number of carbonyl (C=O) groups is 2. The molecular formula is C68H133NO9. The van der Waals surface area contributed by atoms with Crippen molar-refractivity contribution in [1.82, 2.24) is 4.90 Å². The summed E-state index contributed by atoms with van der Waals surface area (Å²) in [4.78, 5) is 29.0. The van der Waals surface area contributed by atoms with Crippen LogP contribution in [0.2, 0.25) is 0 Å². The molecule has 8 atom stereocenters. The highest BCUT2D eigenvalue weighted by Gasteiger charge is 2.36. The first-order valence-corrected chi connectivity index (χ1v) is 33.6. The molecule has 0 aromatic carbocycles. The zero-order chi connectivity index (χ0) is 57.9. The van der Waals surface area contributed by atoms with Crippen LogP contribution in [0.4, 0.5) is 0 Å². The number of rotatable bonds is 53. The molecule has 1 aliphatic rings. The molecule has 1 aliphatic heterocycles. The van der Waals surface area contributed by atoms with Crippen LogP contribution in [0.25, 0.3) is 0 Å². The summed E-state index contributed by atoms with van der Waals surface area (Å²) in [5.41, 5.74) is 0. The summed E-state index contributed by atoms with van der Waals surface area (Å²) in [6, 6.07) is 0. The van der Waals surface area contributed by atoms with Gasteiger partial charge in [-0.25, -0.2) is 0 Å². The van der Waals surface area contributed by atoms with Gasteiger partial charge in [-0.1, -0.05) is 199 Å². The van der Waals surface area contributed by atoms with Gasteiger partial charge in [0.15, 0.2) is 6.29 Å². The highest BCUT2D eigenvalue weighted by atomic mass is 16.7. The summed E-state index contributed by atoms with van der Waals surface area (Å²) < 4.78 is 24.0. The Morgan fingerprint density at radius 3 is 1.10 bits per heavy atom. The van der Waals surface area contributed by atoms with Crippen LogP contribution < -0.4 is 0 Å². The normalized spacial score (nSPS) is 19.5. The third kappa shape index (κ3) is 43.4. The molecule has 464 valence electrons. The fourth-order valence-corrected chi connectivity index (χ4v) is 11.4. The standard InChI is InChI=1S/C68H133NO9/c1-53(2)29-25-33-57(9)39-43-61(44-40-58(10)34-26-30-54(3)4)76-66(73)37-19-15-13-17-21-47-69(49-23-24-50-75-68-64(72)51-63(71)65(52-70)78-68)48-22-18-14-16-20-38-67(74)77-62(45-41-59(11)35-27-31-55(5)6)46-42-60(12)36-28-32-56(7)8/h53-65,68,70-72H,13-52H2,1-12H3/t57?,58?,59?,60?,61?,62?,63?,64-,65+,68?/m0/s1. The van der Waals surface area contributed by atoms with E-state index in [4.69, 9.17) is 18.9 Å². The number of unbranched alkanes of at least 4 members (excludes halogenated alkanes) is 9. The van der Waals surface area contributed by atoms with Gasteiger partial charge in [0, 0.05) is 25.9 Å². The van der Waals surface area contributed by atoms with E-state index in [1.165, 1.54) is 77.0 Å². The third-order valence-corrected chi connectivity index (χ3v) is 17.0. The van der Waals surface area contributed by atoms with Crippen molar-refractivity contribution in [3.05, 3.63) is 0 Å². The minimum atomic E-state index is -0.915. The van der Waals surface area contributed by atoms with Crippen molar-refractivity contribution in [3.8, 4) is 0 Å². The predicted octanol–water partition coefficient (Wildman–Crippen LogP) is 17.4. The van der Waals surface area contributed by atoms with Gasteiger partial charge in [-0.2, -0.15) is 0 Å². The summed E-state index contributed by atoms with van der Waals surface area (Å²) in [5.74, 6) is 5.67. The number of hydrogen-bond acceptors (Lipinski definition) is 10. The maximum Gasteiger partial charge on any atom is 0.306 e. The van der Waals surface area contributed by atoms with Crippen LogP contribution in [0.15, 0.2) is 0 Å². The van der Waals surface area contributed by atoms with E-state index in [0.717, 1.165) is 172 Å². The molecular weight excluding hydrogens is 975 g/mol. The lowest BCUT2D eigenvalue weighted by Crippen LogP contribution is -2.49.